The smallest absolute Gasteiger partial charge is 0.425 e. The molecule has 3 rings (SSSR count). The SMILES string of the molecule is COc1ccc(C(=O)N2CCN(C(=O)CC(O)(c3nccn3C)C(F)(F)F)CC2)c(OC)c1. The number of alkyl halides is 3. The van der Waals surface area contributed by atoms with Crippen LogP contribution in [0.3, 0.4) is 0 Å². The van der Waals surface area contributed by atoms with Gasteiger partial charge in [0.05, 0.1) is 26.2 Å². The van der Waals surface area contributed by atoms with Crippen LogP contribution in [-0.4, -0.2) is 82.8 Å². The summed E-state index contributed by atoms with van der Waals surface area (Å²) < 4.78 is 52.5. The maximum atomic E-state index is 13.7. The van der Waals surface area contributed by atoms with Crippen molar-refractivity contribution in [3.8, 4) is 11.5 Å². The van der Waals surface area contributed by atoms with Crippen molar-refractivity contribution in [1.82, 2.24) is 19.4 Å². The van der Waals surface area contributed by atoms with Gasteiger partial charge in [-0.2, -0.15) is 13.2 Å². The Morgan fingerprint density at radius 3 is 2.24 bits per heavy atom. The van der Waals surface area contributed by atoms with Crippen molar-refractivity contribution in [2.75, 3.05) is 40.4 Å². The Labute approximate surface area is 188 Å². The van der Waals surface area contributed by atoms with E-state index < -0.39 is 29.9 Å². The maximum Gasteiger partial charge on any atom is 0.425 e. The molecule has 1 saturated heterocycles. The topological polar surface area (TPSA) is 97.1 Å². The molecule has 0 saturated carbocycles. The highest BCUT2D eigenvalue weighted by molar-refractivity contribution is 5.97. The maximum absolute atomic E-state index is 13.7. The van der Waals surface area contributed by atoms with Crippen LogP contribution in [0.1, 0.15) is 22.6 Å². The Balaban J connectivity index is 1.69. The van der Waals surface area contributed by atoms with Crippen LogP contribution < -0.4 is 9.47 Å². The summed E-state index contributed by atoms with van der Waals surface area (Å²) in [5.74, 6) is -1.04. The molecular formula is C21H25F3N4O5. The third kappa shape index (κ3) is 4.75. The van der Waals surface area contributed by atoms with Gasteiger partial charge in [-0.1, -0.05) is 0 Å². The predicted molar refractivity (Wildman–Crippen MR) is 110 cm³/mol. The van der Waals surface area contributed by atoms with Crippen LogP contribution in [0, 0.1) is 0 Å². The first-order valence-corrected chi connectivity index (χ1v) is 10.1. The number of ether oxygens (including phenoxy) is 2. The van der Waals surface area contributed by atoms with E-state index in [0.29, 0.717) is 17.1 Å². The monoisotopic (exact) mass is 470 g/mol. The number of hydrogen-bond donors (Lipinski definition) is 1. The number of aryl methyl sites for hydroxylation is 1. The van der Waals surface area contributed by atoms with Crippen molar-refractivity contribution in [2.45, 2.75) is 18.2 Å². The van der Waals surface area contributed by atoms with Crippen molar-refractivity contribution < 1.29 is 37.3 Å². The zero-order valence-corrected chi connectivity index (χ0v) is 18.4. The molecule has 180 valence electrons. The second-order valence-electron chi connectivity index (χ2n) is 7.64. The van der Waals surface area contributed by atoms with Crippen LogP contribution in [0.5, 0.6) is 11.5 Å². The fourth-order valence-corrected chi connectivity index (χ4v) is 3.71. The van der Waals surface area contributed by atoms with Gasteiger partial charge in [0.15, 0.2) is 5.82 Å². The van der Waals surface area contributed by atoms with E-state index in [9.17, 15) is 27.9 Å². The summed E-state index contributed by atoms with van der Waals surface area (Å²) in [7, 11) is 4.22. The Morgan fingerprint density at radius 1 is 1.09 bits per heavy atom. The van der Waals surface area contributed by atoms with Gasteiger partial charge in [0.2, 0.25) is 11.5 Å². The number of aliphatic hydroxyl groups is 1. The molecule has 2 amide bonds. The normalized spacial score (nSPS) is 16.3. The standard InChI is InChI=1S/C21H25F3N4O5/c1-26-7-6-25-19(26)20(31,21(22,23)24)13-17(29)27-8-10-28(11-9-27)18(30)15-5-4-14(32-2)12-16(15)33-3/h4-7,12,31H,8-11,13H2,1-3H3. The quantitative estimate of drug-likeness (QED) is 0.689. The van der Waals surface area contributed by atoms with Gasteiger partial charge in [0, 0.05) is 51.7 Å². The lowest BCUT2D eigenvalue weighted by Crippen LogP contribution is -2.53. The minimum atomic E-state index is -5.11. The van der Waals surface area contributed by atoms with Crippen molar-refractivity contribution in [3.05, 3.63) is 42.0 Å². The Bertz CT molecular complexity index is 1020. The van der Waals surface area contributed by atoms with E-state index in [1.807, 2.05) is 0 Å². The molecule has 1 N–H and O–H groups in total. The largest absolute Gasteiger partial charge is 0.497 e. The lowest BCUT2D eigenvalue weighted by atomic mass is 9.96. The van der Waals surface area contributed by atoms with E-state index in [1.165, 1.54) is 37.3 Å². The number of rotatable bonds is 6. The number of halogens is 3. The van der Waals surface area contributed by atoms with Gasteiger partial charge in [-0.15, -0.1) is 0 Å². The first-order valence-electron chi connectivity index (χ1n) is 10.1. The third-order valence-corrected chi connectivity index (χ3v) is 5.63. The number of aromatic nitrogens is 2. The predicted octanol–water partition coefficient (Wildman–Crippen LogP) is 1.56. The van der Waals surface area contributed by atoms with Crippen LogP contribution in [-0.2, 0) is 17.4 Å². The molecule has 0 bridgehead atoms. The number of carbonyl (C=O) groups is 2. The van der Waals surface area contributed by atoms with Crippen molar-refractivity contribution in [1.29, 1.82) is 0 Å². The fourth-order valence-electron chi connectivity index (χ4n) is 3.71. The number of hydrogen-bond acceptors (Lipinski definition) is 6. The van der Waals surface area contributed by atoms with E-state index >= 15 is 0 Å². The summed E-state index contributed by atoms with van der Waals surface area (Å²) >= 11 is 0. The van der Waals surface area contributed by atoms with E-state index in [0.717, 1.165) is 10.8 Å². The number of benzene rings is 1. The Morgan fingerprint density at radius 2 is 1.73 bits per heavy atom. The molecule has 2 aromatic rings. The molecule has 2 heterocycles. The second-order valence-corrected chi connectivity index (χ2v) is 7.64. The van der Waals surface area contributed by atoms with Gasteiger partial charge < -0.3 is 28.9 Å². The number of nitrogens with zero attached hydrogens (tertiary/aromatic N) is 4. The van der Waals surface area contributed by atoms with Gasteiger partial charge in [-0.3, -0.25) is 9.59 Å². The molecule has 0 aliphatic carbocycles. The highest BCUT2D eigenvalue weighted by Crippen LogP contribution is 2.41. The third-order valence-electron chi connectivity index (χ3n) is 5.63. The van der Waals surface area contributed by atoms with Crippen LogP contribution in [0.2, 0.25) is 0 Å². The number of carbonyl (C=O) groups excluding carboxylic acids is 2. The molecule has 1 unspecified atom stereocenters. The molecule has 1 fully saturated rings. The Kier molecular flexibility index (Phi) is 6.86. The van der Waals surface area contributed by atoms with Gasteiger partial charge in [-0.05, 0) is 12.1 Å². The highest BCUT2D eigenvalue weighted by Gasteiger charge is 2.59. The molecule has 9 nitrogen and oxygen atoms in total. The van der Waals surface area contributed by atoms with Gasteiger partial charge in [0.25, 0.3) is 5.91 Å². The lowest BCUT2D eigenvalue weighted by molar-refractivity contribution is -0.272. The summed E-state index contributed by atoms with van der Waals surface area (Å²) in [6.07, 6.45) is -3.94. The molecule has 1 aromatic carbocycles. The van der Waals surface area contributed by atoms with Crippen molar-refractivity contribution in [2.24, 2.45) is 7.05 Å². The van der Waals surface area contributed by atoms with E-state index in [2.05, 4.69) is 4.98 Å². The van der Waals surface area contributed by atoms with Crippen LogP contribution >= 0.6 is 0 Å². The zero-order valence-electron chi connectivity index (χ0n) is 18.4. The number of amides is 2. The summed E-state index contributed by atoms with van der Waals surface area (Å²) in [5.41, 5.74) is -3.12. The molecule has 1 aromatic heterocycles. The van der Waals surface area contributed by atoms with Crippen molar-refractivity contribution >= 4 is 11.8 Å². The molecule has 0 spiro atoms. The molecule has 1 atom stereocenters. The van der Waals surface area contributed by atoms with E-state index in [4.69, 9.17) is 9.47 Å². The highest BCUT2D eigenvalue weighted by atomic mass is 19.4. The molecular weight excluding hydrogens is 445 g/mol. The first kappa shape index (κ1) is 24.4. The fraction of sp³-hybridized carbons (Fsp3) is 0.476. The molecule has 1 aliphatic heterocycles. The number of imidazole rings is 1. The lowest BCUT2D eigenvalue weighted by Gasteiger charge is -2.37. The van der Waals surface area contributed by atoms with Crippen LogP contribution in [0.15, 0.2) is 30.6 Å². The molecule has 1 aliphatic rings. The molecule has 0 radical (unpaired) electrons. The zero-order chi connectivity index (χ0) is 24.4. The average molecular weight is 470 g/mol. The number of methoxy groups -OCH3 is 2. The van der Waals surface area contributed by atoms with Crippen LogP contribution in [0.25, 0.3) is 0 Å². The van der Waals surface area contributed by atoms with Crippen LogP contribution in [0.4, 0.5) is 13.2 Å². The Hall–Kier alpha value is -3.28. The summed E-state index contributed by atoms with van der Waals surface area (Å²) in [4.78, 5) is 31.9. The average Bonchev–Trinajstić information content (AvgIpc) is 3.23. The van der Waals surface area contributed by atoms with Gasteiger partial charge in [0.1, 0.15) is 11.5 Å². The molecule has 33 heavy (non-hydrogen) atoms. The summed E-state index contributed by atoms with van der Waals surface area (Å²) in [6, 6.07) is 4.75. The minimum Gasteiger partial charge on any atom is -0.497 e. The summed E-state index contributed by atoms with van der Waals surface area (Å²) in [6.45, 7) is 0.286. The van der Waals surface area contributed by atoms with E-state index in [-0.39, 0.29) is 32.1 Å². The summed E-state index contributed by atoms with van der Waals surface area (Å²) in [5, 5.41) is 10.4. The minimum absolute atomic E-state index is 0.0253. The number of piperazine rings is 1. The van der Waals surface area contributed by atoms with E-state index in [1.54, 1.807) is 18.2 Å². The van der Waals surface area contributed by atoms with Crippen molar-refractivity contribution in [3.63, 3.8) is 0 Å². The second kappa shape index (κ2) is 9.30. The van der Waals surface area contributed by atoms with Gasteiger partial charge >= 0.3 is 6.18 Å². The molecule has 12 heteroatoms. The van der Waals surface area contributed by atoms with Gasteiger partial charge in [-0.25, -0.2) is 4.98 Å². The first-order chi connectivity index (χ1) is 15.5.